The summed E-state index contributed by atoms with van der Waals surface area (Å²) in [6.45, 7) is 3.22. The van der Waals surface area contributed by atoms with Gasteiger partial charge >= 0.3 is 0 Å². The van der Waals surface area contributed by atoms with Gasteiger partial charge in [-0.15, -0.1) is 5.10 Å². The number of carbonyl (C=O) groups is 1. The molecule has 0 aliphatic heterocycles. The summed E-state index contributed by atoms with van der Waals surface area (Å²) >= 11 is 5.32. The summed E-state index contributed by atoms with van der Waals surface area (Å²) in [5.74, 6) is 0.439. The van der Waals surface area contributed by atoms with Crippen LogP contribution in [-0.4, -0.2) is 34.7 Å². The lowest BCUT2D eigenvalue weighted by atomic mass is 10.1. The highest BCUT2D eigenvalue weighted by atomic mass is 32.1. The van der Waals surface area contributed by atoms with Crippen LogP contribution in [0.2, 0.25) is 0 Å². The number of amides is 1. The number of benzene rings is 2. The molecule has 1 aromatic heterocycles. The normalized spacial score (nSPS) is 11.0. The van der Waals surface area contributed by atoms with Crippen molar-refractivity contribution < 1.29 is 9.21 Å². The summed E-state index contributed by atoms with van der Waals surface area (Å²) in [5.41, 5.74) is 3.77. The standard InChI is InChI=1S/C20H22N4O2S/c1-14-6-4-5-7-17(14)19-22-24(20(27)26-19)13-23(3)12-15-8-10-16(11-9-15)18(25)21-2/h4-11H,12-13H2,1-3H3,(H,21,25). The number of hydrogen-bond donors (Lipinski definition) is 1. The summed E-state index contributed by atoms with van der Waals surface area (Å²) in [6.07, 6.45) is 0. The van der Waals surface area contributed by atoms with Gasteiger partial charge in [0, 0.05) is 24.7 Å². The van der Waals surface area contributed by atoms with Gasteiger partial charge in [-0.3, -0.25) is 9.69 Å². The van der Waals surface area contributed by atoms with Crippen LogP contribution in [0.5, 0.6) is 0 Å². The smallest absolute Gasteiger partial charge is 0.288 e. The van der Waals surface area contributed by atoms with Crippen molar-refractivity contribution in [1.82, 2.24) is 20.0 Å². The van der Waals surface area contributed by atoms with Gasteiger partial charge in [-0.2, -0.15) is 0 Å². The lowest BCUT2D eigenvalue weighted by Gasteiger charge is -2.16. The van der Waals surface area contributed by atoms with Gasteiger partial charge in [-0.05, 0) is 55.5 Å². The molecule has 27 heavy (non-hydrogen) atoms. The molecule has 1 N–H and O–H groups in total. The van der Waals surface area contributed by atoms with E-state index in [0.717, 1.165) is 16.7 Å². The average Bonchev–Trinajstić information content (AvgIpc) is 3.02. The minimum atomic E-state index is -0.0902. The Balaban J connectivity index is 1.69. The lowest BCUT2D eigenvalue weighted by molar-refractivity contribution is 0.0963. The molecule has 0 bridgehead atoms. The zero-order chi connectivity index (χ0) is 19.4. The minimum absolute atomic E-state index is 0.0902. The van der Waals surface area contributed by atoms with Crippen LogP contribution in [0, 0.1) is 11.8 Å². The second-order valence-corrected chi connectivity index (χ2v) is 6.77. The topological polar surface area (TPSA) is 63.3 Å². The van der Waals surface area contributed by atoms with Gasteiger partial charge in [0.2, 0.25) is 5.89 Å². The van der Waals surface area contributed by atoms with Crippen molar-refractivity contribution >= 4 is 18.1 Å². The van der Waals surface area contributed by atoms with Crippen molar-refractivity contribution in [3.8, 4) is 11.5 Å². The Morgan fingerprint density at radius 2 is 1.93 bits per heavy atom. The third kappa shape index (κ3) is 4.50. The zero-order valence-electron chi connectivity index (χ0n) is 15.6. The first kappa shape index (κ1) is 19.0. The van der Waals surface area contributed by atoms with Crippen molar-refractivity contribution in [3.63, 3.8) is 0 Å². The van der Waals surface area contributed by atoms with Crippen LogP contribution < -0.4 is 5.32 Å². The van der Waals surface area contributed by atoms with Gasteiger partial charge in [-0.1, -0.05) is 30.3 Å². The fourth-order valence-corrected chi connectivity index (χ4v) is 2.99. The van der Waals surface area contributed by atoms with E-state index in [-0.39, 0.29) is 5.91 Å². The molecule has 0 aliphatic rings. The largest absolute Gasteiger partial charge is 0.409 e. The van der Waals surface area contributed by atoms with E-state index in [2.05, 4.69) is 15.3 Å². The predicted octanol–water partition coefficient (Wildman–Crippen LogP) is 3.63. The molecule has 3 rings (SSSR count). The molecule has 6 nitrogen and oxygen atoms in total. The van der Waals surface area contributed by atoms with E-state index in [4.69, 9.17) is 16.6 Å². The molecule has 1 heterocycles. The quantitative estimate of drug-likeness (QED) is 0.660. The monoisotopic (exact) mass is 382 g/mol. The van der Waals surface area contributed by atoms with E-state index < -0.39 is 0 Å². The Morgan fingerprint density at radius 1 is 1.22 bits per heavy atom. The molecule has 0 fully saturated rings. The van der Waals surface area contributed by atoms with Crippen molar-refractivity contribution in [2.75, 3.05) is 14.1 Å². The fraction of sp³-hybridized carbons (Fsp3) is 0.250. The maximum Gasteiger partial charge on any atom is 0.288 e. The molecule has 0 saturated carbocycles. The molecule has 0 saturated heterocycles. The number of rotatable bonds is 6. The Hall–Kier alpha value is -2.77. The number of aryl methyl sites for hydroxylation is 1. The Bertz CT molecular complexity index is 992. The summed E-state index contributed by atoms with van der Waals surface area (Å²) in [5, 5.41) is 7.14. The minimum Gasteiger partial charge on any atom is -0.409 e. The maximum absolute atomic E-state index is 11.6. The van der Waals surface area contributed by atoms with Crippen molar-refractivity contribution in [2.24, 2.45) is 0 Å². The third-order valence-electron chi connectivity index (χ3n) is 4.25. The number of nitrogens with one attached hydrogen (secondary N) is 1. The first-order chi connectivity index (χ1) is 13.0. The number of hydrogen-bond acceptors (Lipinski definition) is 5. The van der Waals surface area contributed by atoms with Gasteiger partial charge in [0.15, 0.2) is 0 Å². The maximum atomic E-state index is 11.6. The van der Waals surface area contributed by atoms with E-state index >= 15 is 0 Å². The average molecular weight is 382 g/mol. The summed E-state index contributed by atoms with van der Waals surface area (Å²) in [4.78, 5) is 14.0. The molecule has 140 valence electrons. The molecular weight excluding hydrogens is 360 g/mol. The first-order valence-corrected chi connectivity index (χ1v) is 9.02. The molecule has 0 spiro atoms. The van der Waals surface area contributed by atoms with Gasteiger partial charge < -0.3 is 9.73 Å². The zero-order valence-corrected chi connectivity index (χ0v) is 16.4. The Morgan fingerprint density at radius 3 is 2.59 bits per heavy atom. The first-order valence-electron chi connectivity index (χ1n) is 8.61. The molecule has 0 radical (unpaired) electrons. The molecule has 0 aliphatic carbocycles. The van der Waals surface area contributed by atoms with E-state index in [0.29, 0.717) is 29.5 Å². The van der Waals surface area contributed by atoms with Gasteiger partial charge in [0.1, 0.15) is 0 Å². The van der Waals surface area contributed by atoms with E-state index in [1.54, 1.807) is 11.7 Å². The lowest BCUT2D eigenvalue weighted by Crippen LogP contribution is -2.22. The summed E-state index contributed by atoms with van der Waals surface area (Å²) in [7, 11) is 3.60. The third-order valence-corrected chi connectivity index (χ3v) is 4.55. The molecule has 3 aromatic rings. The molecule has 0 atom stereocenters. The summed E-state index contributed by atoms with van der Waals surface area (Å²) in [6, 6.07) is 15.4. The van der Waals surface area contributed by atoms with Crippen molar-refractivity contribution in [3.05, 3.63) is 70.1 Å². The molecular formula is C20H22N4O2S. The Labute approximate surface area is 163 Å². The molecule has 0 unspecified atom stereocenters. The van der Waals surface area contributed by atoms with Gasteiger partial charge in [0.05, 0.1) is 6.67 Å². The molecule has 1 amide bonds. The van der Waals surface area contributed by atoms with Crippen LogP contribution in [0.15, 0.2) is 52.9 Å². The molecule has 7 heteroatoms. The number of carbonyl (C=O) groups excluding carboxylic acids is 1. The van der Waals surface area contributed by atoms with Crippen LogP contribution in [0.25, 0.3) is 11.5 Å². The van der Waals surface area contributed by atoms with Crippen LogP contribution in [0.4, 0.5) is 0 Å². The molecule has 2 aromatic carbocycles. The van der Waals surface area contributed by atoms with Crippen molar-refractivity contribution in [1.29, 1.82) is 0 Å². The van der Waals surface area contributed by atoms with Gasteiger partial charge in [-0.25, -0.2) is 4.68 Å². The second kappa shape index (κ2) is 8.28. The van der Waals surface area contributed by atoms with Gasteiger partial charge in [0.25, 0.3) is 10.7 Å². The van der Waals surface area contributed by atoms with Crippen LogP contribution in [-0.2, 0) is 13.2 Å². The highest BCUT2D eigenvalue weighted by molar-refractivity contribution is 7.71. The highest BCUT2D eigenvalue weighted by Gasteiger charge is 2.12. The van der Waals surface area contributed by atoms with Crippen LogP contribution >= 0.6 is 12.2 Å². The number of aromatic nitrogens is 2. The van der Waals surface area contributed by atoms with Crippen molar-refractivity contribution in [2.45, 2.75) is 20.1 Å². The SMILES string of the molecule is CNC(=O)c1ccc(CN(C)Cn2nc(-c3ccccc3C)oc2=S)cc1. The Kier molecular flexibility index (Phi) is 5.83. The fourth-order valence-electron chi connectivity index (χ4n) is 2.81. The summed E-state index contributed by atoms with van der Waals surface area (Å²) < 4.78 is 7.36. The van der Waals surface area contributed by atoms with E-state index in [1.165, 1.54) is 0 Å². The van der Waals surface area contributed by atoms with Crippen LogP contribution in [0.3, 0.4) is 0 Å². The van der Waals surface area contributed by atoms with E-state index in [9.17, 15) is 4.79 Å². The number of nitrogens with zero attached hydrogens (tertiary/aromatic N) is 3. The highest BCUT2D eigenvalue weighted by Crippen LogP contribution is 2.21. The second-order valence-electron chi connectivity index (χ2n) is 6.42. The van der Waals surface area contributed by atoms with Crippen LogP contribution in [0.1, 0.15) is 21.5 Å². The van der Waals surface area contributed by atoms with E-state index in [1.807, 2.05) is 62.5 Å². The predicted molar refractivity (Wildman–Crippen MR) is 107 cm³/mol.